The first kappa shape index (κ1) is 34.0. The van der Waals surface area contributed by atoms with E-state index in [1.54, 1.807) is 0 Å². The minimum absolute atomic E-state index is 0.578. The third kappa shape index (κ3) is 8.62. The van der Waals surface area contributed by atoms with Gasteiger partial charge >= 0.3 is 0 Å². The van der Waals surface area contributed by atoms with E-state index in [1.165, 1.54) is 0 Å². The van der Waals surface area contributed by atoms with Gasteiger partial charge in [-0.1, -0.05) is 85.0 Å². The third-order valence-electron chi connectivity index (χ3n) is 6.21. The van der Waals surface area contributed by atoms with Crippen LogP contribution in [0.2, 0.25) is 0 Å². The van der Waals surface area contributed by atoms with Gasteiger partial charge in [0.1, 0.15) is 0 Å². The van der Waals surface area contributed by atoms with Gasteiger partial charge in [-0.05, 0) is 139 Å². The molecule has 4 aromatic rings. The van der Waals surface area contributed by atoms with Crippen LogP contribution in [0.3, 0.4) is 0 Å². The van der Waals surface area contributed by atoms with Gasteiger partial charge in [0.2, 0.25) is 0 Å². The second-order valence-electron chi connectivity index (χ2n) is 8.89. The van der Waals surface area contributed by atoms with E-state index in [0.29, 0.717) is 4.86 Å². The molecule has 0 unspecified atom stereocenters. The number of hydrogen-bond acceptors (Lipinski definition) is 1. The smallest absolute Gasteiger partial charge is 0.0839 e. The minimum Gasteiger partial charge on any atom is -0.106 e. The summed E-state index contributed by atoms with van der Waals surface area (Å²) < 4.78 is 0. The number of rotatable bonds is 4. The highest BCUT2D eigenvalue weighted by molar-refractivity contribution is 7.82. The molecular weight excluding hydrogens is 635 g/mol. The monoisotopic (exact) mass is 650 g/mol. The molecule has 0 aliphatic carbocycles. The molecule has 4 rings (SSSR count). The lowest BCUT2D eigenvalue weighted by Crippen LogP contribution is -2.20. The predicted octanol–water partition coefficient (Wildman–Crippen LogP) is 6.36. The van der Waals surface area contributed by atoms with Crippen LogP contribution in [0.1, 0.15) is 11.1 Å². The van der Waals surface area contributed by atoms with E-state index < -0.39 is 15.8 Å². The van der Waals surface area contributed by atoms with Crippen LogP contribution in [0.25, 0.3) is 21.5 Å². The molecule has 0 bridgehead atoms. The van der Waals surface area contributed by atoms with Gasteiger partial charge < -0.3 is 0 Å². The molecule has 0 aliphatic rings. The van der Waals surface area contributed by atoms with Gasteiger partial charge in [-0.25, -0.2) is 0 Å². The molecule has 0 saturated heterocycles. The summed E-state index contributed by atoms with van der Waals surface area (Å²) in [7, 11) is -2.96. The van der Waals surface area contributed by atoms with Crippen LogP contribution in [-0.4, -0.2) is 4.86 Å². The van der Waals surface area contributed by atoms with Crippen LogP contribution in [0.5, 0.6) is 0 Å². The summed E-state index contributed by atoms with van der Waals surface area (Å²) in [5, 5.41) is 5.51. The summed E-state index contributed by atoms with van der Waals surface area (Å²) in [4.78, 5) is 0.578. The third-order valence-corrected chi connectivity index (χ3v) is 9.67. The van der Waals surface area contributed by atoms with E-state index >= 15 is 0 Å². The average Bonchev–Trinajstić information content (AvgIpc) is 3.12. The second kappa shape index (κ2) is 18.1. The number of terminal acetylenes is 4. The number of benzene rings is 4. The summed E-state index contributed by atoms with van der Waals surface area (Å²) >= 11 is 6.48. The van der Waals surface area contributed by atoms with Crippen LogP contribution in [-0.2, 0) is 0 Å². The van der Waals surface area contributed by atoms with Crippen molar-refractivity contribution in [1.29, 1.82) is 0 Å². The van der Waals surface area contributed by atoms with Crippen molar-refractivity contribution in [1.82, 2.24) is 0 Å². The number of fused-ring (bicyclic) bond motifs is 2. The first-order valence-electron chi connectivity index (χ1n) is 13.7. The van der Waals surface area contributed by atoms with Crippen molar-refractivity contribution in [3.05, 3.63) is 83.9 Å². The highest BCUT2D eigenvalue weighted by atomic mass is 32.1. The van der Waals surface area contributed by atoms with E-state index in [-0.39, 0.29) is 0 Å². The number of hydrogen-bond donors (Lipinski definition) is 0. The fourth-order valence-electron chi connectivity index (χ4n) is 4.40. The Balaban J connectivity index is 2.12. The topological polar surface area (TPSA) is 0 Å². The van der Waals surface area contributed by atoms with Gasteiger partial charge in [0, 0.05) is 21.7 Å². The molecule has 0 amide bonds. The van der Waals surface area contributed by atoms with E-state index in [4.69, 9.17) is 37.9 Å². The van der Waals surface area contributed by atoms with Gasteiger partial charge in [-0.2, -0.15) is 0 Å². The Labute approximate surface area is 290 Å². The molecule has 0 N–H and O–H groups in total. The Bertz CT molecular complexity index is 2400. The Hall–Kier alpha value is -6.93. The molecule has 0 radical (unpaired) electrons. The molecule has 0 saturated carbocycles. The molecule has 0 aliphatic heterocycles. The normalized spacial score (nSPS) is 8.29. The van der Waals surface area contributed by atoms with E-state index in [9.17, 15) is 0 Å². The van der Waals surface area contributed by atoms with Crippen LogP contribution < -0.4 is 10.6 Å². The Morgan fingerprint density at radius 3 is 1.08 bits per heavy atom. The fourth-order valence-corrected chi connectivity index (χ4v) is 7.61. The molecule has 0 nitrogen and oxygen atoms in total. The SMILES string of the molecule is C#CC#CC#CP(C#CC#CC#C)c1ccc2ccccc2c1C(=S)c1c(P(C#CC#CC#C)C#CC#CC#C)ccc2ccccc12. The van der Waals surface area contributed by atoms with Crippen molar-refractivity contribution in [2.45, 2.75) is 0 Å². The molecule has 3 heteroatoms. The van der Waals surface area contributed by atoms with Crippen molar-refractivity contribution >= 4 is 65.1 Å². The maximum Gasteiger partial charge on any atom is 0.0839 e. The van der Waals surface area contributed by atoms with Crippen molar-refractivity contribution in [2.24, 2.45) is 0 Å². The second-order valence-corrected chi connectivity index (χ2v) is 12.5. The van der Waals surface area contributed by atoms with Crippen molar-refractivity contribution < 1.29 is 0 Å². The van der Waals surface area contributed by atoms with Gasteiger partial charge in [-0.3, -0.25) is 0 Å². The zero-order valence-corrected chi connectivity index (χ0v) is 27.6. The predicted molar refractivity (Wildman–Crippen MR) is 209 cm³/mol. The van der Waals surface area contributed by atoms with Crippen molar-refractivity contribution in [3.8, 4) is 143 Å². The minimum atomic E-state index is -1.48. The molecule has 212 valence electrons. The lowest BCUT2D eigenvalue weighted by atomic mass is 9.94. The lowest BCUT2D eigenvalue weighted by Gasteiger charge is -2.20. The maximum absolute atomic E-state index is 6.48. The Morgan fingerprint density at radius 1 is 0.417 bits per heavy atom. The quantitative estimate of drug-likeness (QED) is 0.107. The number of thiocarbonyl (C=S) groups is 1. The molecule has 0 heterocycles. The fraction of sp³-hybridized carbons (Fsp3) is 0. The standard InChI is InChI=1S/C45H16P2S/c1-5-9-13-21-33-46(34-22-14-10-6-2)41-31-29-37-25-17-19-27-39(37)43(41)45(48)44-40-28-20-18-26-38(40)30-32-42(44)47(35-23-15-11-7-3)36-24-16-12-8-4/h1-4,17-20,25-32H. The lowest BCUT2D eigenvalue weighted by molar-refractivity contribution is 1.73. The summed E-state index contributed by atoms with van der Waals surface area (Å²) in [6.45, 7) is 0. The summed E-state index contributed by atoms with van der Waals surface area (Å²) in [6, 6.07) is 24.1. The Kier molecular flexibility index (Phi) is 12.8. The maximum atomic E-state index is 6.48. The highest BCUT2D eigenvalue weighted by Crippen LogP contribution is 2.40. The van der Waals surface area contributed by atoms with Crippen molar-refractivity contribution in [2.75, 3.05) is 0 Å². The molecule has 4 aromatic carbocycles. The van der Waals surface area contributed by atoms with Gasteiger partial charge in [0.15, 0.2) is 0 Å². The summed E-state index contributed by atoms with van der Waals surface area (Å²) in [5.41, 5.74) is 14.4. The van der Waals surface area contributed by atoms with E-state index in [2.05, 4.69) is 117 Å². The average molecular weight is 651 g/mol. The first-order chi connectivity index (χ1) is 23.6. The van der Waals surface area contributed by atoms with E-state index in [1.807, 2.05) is 72.8 Å². The molecule has 0 fully saturated rings. The molecule has 48 heavy (non-hydrogen) atoms. The summed E-state index contributed by atoms with van der Waals surface area (Å²) in [6.07, 6.45) is 21.3. The molecule has 0 spiro atoms. The van der Waals surface area contributed by atoms with Crippen LogP contribution in [0, 0.1) is 143 Å². The molecule has 0 atom stereocenters. The summed E-state index contributed by atoms with van der Waals surface area (Å²) in [5.74, 6) is 41.4. The molecule has 0 aromatic heterocycles. The molecular formula is C45H16P2S. The van der Waals surface area contributed by atoms with Gasteiger partial charge in [0.25, 0.3) is 0 Å². The first-order valence-corrected chi connectivity index (χ1v) is 16.8. The van der Waals surface area contributed by atoms with Crippen molar-refractivity contribution in [3.63, 3.8) is 0 Å². The van der Waals surface area contributed by atoms with Gasteiger partial charge in [-0.15, -0.1) is 25.7 Å². The van der Waals surface area contributed by atoms with Crippen LogP contribution in [0.15, 0.2) is 72.8 Å². The van der Waals surface area contributed by atoms with E-state index in [0.717, 1.165) is 43.3 Å². The zero-order chi connectivity index (χ0) is 34.0. The highest BCUT2D eigenvalue weighted by Gasteiger charge is 2.24. The largest absolute Gasteiger partial charge is 0.106 e. The Morgan fingerprint density at radius 2 is 0.750 bits per heavy atom. The van der Waals surface area contributed by atoms with Gasteiger partial charge in [0.05, 0.1) is 20.7 Å². The van der Waals surface area contributed by atoms with Crippen LogP contribution >= 0.6 is 28.1 Å². The van der Waals surface area contributed by atoms with Crippen LogP contribution in [0.4, 0.5) is 0 Å². The zero-order valence-electron chi connectivity index (χ0n) is 25.0.